The Kier molecular flexibility index (Phi) is 6.46. The molecule has 3 aromatic carbocycles. The van der Waals surface area contributed by atoms with Gasteiger partial charge in [-0.2, -0.15) is 0 Å². The Balaban J connectivity index is 1.27. The van der Waals surface area contributed by atoms with E-state index in [1.807, 2.05) is 30.3 Å². The highest BCUT2D eigenvalue weighted by molar-refractivity contribution is 5.94. The second-order valence-corrected chi connectivity index (χ2v) is 7.48. The molecule has 31 heavy (non-hydrogen) atoms. The van der Waals surface area contributed by atoms with Crippen molar-refractivity contribution in [3.63, 3.8) is 0 Å². The molecule has 0 saturated carbocycles. The van der Waals surface area contributed by atoms with Gasteiger partial charge in [0.05, 0.1) is 0 Å². The molecule has 160 valence electrons. The molecule has 4 nitrogen and oxygen atoms in total. The van der Waals surface area contributed by atoms with Crippen molar-refractivity contribution in [1.82, 2.24) is 4.90 Å². The predicted molar refractivity (Wildman–Crippen MR) is 113 cm³/mol. The van der Waals surface area contributed by atoms with Crippen molar-refractivity contribution in [3.05, 3.63) is 95.6 Å². The van der Waals surface area contributed by atoms with Crippen molar-refractivity contribution in [2.45, 2.75) is 25.6 Å². The first-order valence-corrected chi connectivity index (χ1v) is 10.3. The standard InChI is InChI=1S/C25H23F2NO3/c26-23-11-10-22(16-24(23)27)31-21-12-14-28(15-13-21)25(29)19-6-8-20(9-7-19)30-17-18-4-2-1-3-5-18/h1-11,16,21H,12-15,17H2. The minimum atomic E-state index is -0.929. The molecule has 1 amide bonds. The molecule has 0 N–H and O–H groups in total. The molecule has 0 radical (unpaired) electrons. The van der Waals surface area contributed by atoms with Crippen LogP contribution in [0.25, 0.3) is 0 Å². The highest BCUT2D eigenvalue weighted by atomic mass is 19.2. The molecule has 0 spiro atoms. The zero-order valence-electron chi connectivity index (χ0n) is 17.0. The number of benzene rings is 3. The van der Waals surface area contributed by atoms with Crippen LogP contribution in [0, 0.1) is 11.6 Å². The Morgan fingerprint density at radius 1 is 0.871 bits per heavy atom. The van der Waals surface area contributed by atoms with Crippen molar-refractivity contribution < 1.29 is 23.0 Å². The lowest BCUT2D eigenvalue weighted by molar-refractivity contribution is 0.0595. The molecule has 6 heteroatoms. The molecule has 1 aliphatic heterocycles. The van der Waals surface area contributed by atoms with E-state index in [-0.39, 0.29) is 12.0 Å². The molecular weight excluding hydrogens is 400 g/mol. The van der Waals surface area contributed by atoms with Gasteiger partial charge in [-0.15, -0.1) is 0 Å². The Labute approximate surface area is 180 Å². The SMILES string of the molecule is O=C(c1ccc(OCc2ccccc2)cc1)N1CCC(Oc2ccc(F)c(F)c2)CC1. The van der Waals surface area contributed by atoms with Gasteiger partial charge in [0, 0.05) is 37.6 Å². The normalized spacial score (nSPS) is 14.3. The van der Waals surface area contributed by atoms with Crippen LogP contribution >= 0.6 is 0 Å². The van der Waals surface area contributed by atoms with Gasteiger partial charge >= 0.3 is 0 Å². The first-order valence-electron chi connectivity index (χ1n) is 10.3. The van der Waals surface area contributed by atoms with Crippen molar-refractivity contribution in [1.29, 1.82) is 0 Å². The first-order chi connectivity index (χ1) is 15.1. The van der Waals surface area contributed by atoms with E-state index in [4.69, 9.17) is 9.47 Å². The van der Waals surface area contributed by atoms with Crippen LogP contribution in [0.5, 0.6) is 11.5 Å². The van der Waals surface area contributed by atoms with E-state index >= 15 is 0 Å². The van der Waals surface area contributed by atoms with Crippen molar-refractivity contribution in [2.24, 2.45) is 0 Å². The minimum Gasteiger partial charge on any atom is -0.490 e. The van der Waals surface area contributed by atoms with Crippen molar-refractivity contribution in [3.8, 4) is 11.5 Å². The summed E-state index contributed by atoms with van der Waals surface area (Å²) in [5.41, 5.74) is 1.68. The average Bonchev–Trinajstić information content (AvgIpc) is 2.81. The van der Waals surface area contributed by atoms with Gasteiger partial charge in [-0.1, -0.05) is 30.3 Å². The van der Waals surface area contributed by atoms with Crippen LogP contribution in [0.1, 0.15) is 28.8 Å². The second kappa shape index (κ2) is 9.60. The Bertz CT molecular complexity index is 1020. The molecule has 0 unspecified atom stereocenters. The number of carbonyl (C=O) groups is 1. The highest BCUT2D eigenvalue weighted by Crippen LogP contribution is 2.23. The summed E-state index contributed by atoms with van der Waals surface area (Å²) in [6, 6.07) is 20.5. The fourth-order valence-electron chi connectivity index (χ4n) is 3.54. The molecule has 0 aliphatic carbocycles. The number of piperidine rings is 1. The fraction of sp³-hybridized carbons (Fsp3) is 0.240. The van der Waals surface area contributed by atoms with Crippen LogP contribution < -0.4 is 9.47 Å². The van der Waals surface area contributed by atoms with E-state index in [1.165, 1.54) is 6.07 Å². The van der Waals surface area contributed by atoms with Gasteiger partial charge < -0.3 is 14.4 Å². The summed E-state index contributed by atoms with van der Waals surface area (Å²) in [6.45, 7) is 1.55. The number of halogens is 2. The van der Waals surface area contributed by atoms with E-state index < -0.39 is 11.6 Å². The molecule has 1 fully saturated rings. The highest BCUT2D eigenvalue weighted by Gasteiger charge is 2.25. The Hall–Kier alpha value is -3.41. The molecular formula is C25H23F2NO3. The molecule has 3 aromatic rings. The Morgan fingerprint density at radius 2 is 1.55 bits per heavy atom. The summed E-state index contributed by atoms with van der Waals surface area (Å²) >= 11 is 0. The second-order valence-electron chi connectivity index (χ2n) is 7.48. The van der Waals surface area contributed by atoms with E-state index in [0.717, 1.165) is 17.7 Å². The number of amides is 1. The largest absolute Gasteiger partial charge is 0.490 e. The lowest BCUT2D eigenvalue weighted by Crippen LogP contribution is -2.41. The average molecular weight is 423 g/mol. The van der Waals surface area contributed by atoms with Gasteiger partial charge in [0.25, 0.3) is 5.91 Å². The molecule has 1 heterocycles. The molecule has 0 atom stereocenters. The van der Waals surface area contributed by atoms with Crippen LogP contribution in [0.15, 0.2) is 72.8 Å². The van der Waals surface area contributed by atoms with Crippen LogP contribution in [-0.2, 0) is 6.61 Å². The zero-order valence-corrected chi connectivity index (χ0v) is 17.0. The molecule has 4 rings (SSSR count). The number of hydrogen-bond acceptors (Lipinski definition) is 3. The van der Waals surface area contributed by atoms with E-state index in [9.17, 15) is 13.6 Å². The predicted octanol–water partition coefficient (Wildman–Crippen LogP) is 5.23. The summed E-state index contributed by atoms with van der Waals surface area (Å²) in [6.07, 6.45) is 1.12. The van der Waals surface area contributed by atoms with E-state index in [1.54, 1.807) is 29.2 Å². The van der Waals surface area contributed by atoms with Crippen LogP contribution in [0.4, 0.5) is 8.78 Å². The van der Waals surface area contributed by atoms with Crippen LogP contribution in [0.2, 0.25) is 0 Å². The summed E-state index contributed by atoms with van der Waals surface area (Å²) in [4.78, 5) is 14.6. The van der Waals surface area contributed by atoms with Gasteiger partial charge in [0.15, 0.2) is 11.6 Å². The van der Waals surface area contributed by atoms with Gasteiger partial charge in [-0.05, 0) is 42.0 Å². The van der Waals surface area contributed by atoms with Crippen molar-refractivity contribution in [2.75, 3.05) is 13.1 Å². The van der Waals surface area contributed by atoms with Crippen LogP contribution in [-0.4, -0.2) is 30.0 Å². The topological polar surface area (TPSA) is 38.8 Å². The number of hydrogen-bond donors (Lipinski definition) is 0. The number of likely N-dealkylation sites (tertiary alicyclic amines) is 1. The lowest BCUT2D eigenvalue weighted by Gasteiger charge is -2.32. The third-order valence-electron chi connectivity index (χ3n) is 5.27. The lowest BCUT2D eigenvalue weighted by atomic mass is 10.1. The maximum atomic E-state index is 13.3. The molecule has 0 aromatic heterocycles. The maximum Gasteiger partial charge on any atom is 0.253 e. The zero-order chi connectivity index (χ0) is 21.6. The number of nitrogens with zero attached hydrogens (tertiary/aromatic N) is 1. The Morgan fingerprint density at radius 3 is 2.23 bits per heavy atom. The quantitative estimate of drug-likeness (QED) is 0.545. The summed E-state index contributed by atoms with van der Waals surface area (Å²) in [5, 5.41) is 0. The van der Waals surface area contributed by atoms with E-state index in [0.29, 0.717) is 49.6 Å². The summed E-state index contributed by atoms with van der Waals surface area (Å²) in [7, 11) is 0. The van der Waals surface area contributed by atoms with Gasteiger partial charge in [-0.3, -0.25) is 4.79 Å². The third kappa shape index (κ3) is 5.40. The monoisotopic (exact) mass is 423 g/mol. The van der Waals surface area contributed by atoms with Crippen molar-refractivity contribution >= 4 is 5.91 Å². The molecule has 1 aliphatic rings. The van der Waals surface area contributed by atoms with E-state index in [2.05, 4.69) is 0 Å². The summed E-state index contributed by atoms with van der Waals surface area (Å²) < 4.78 is 37.9. The first kappa shape index (κ1) is 20.8. The van der Waals surface area contributed by atoms with Gasteiger partial charge in [0.1, 0.15) is 24.2 Å². The smallest absolute Gasteiger partial charge is 0.253 e. The molecule has 0 bridgehead atoms. The molecule has 1 saturated heterocycles. The number of carbonyl (C=O) groups excluding carboxylic acids is 1. The van der Waals surface area contributed by atoms with Gasteiger partial charge in [0.2, 0.25) is 0 Å². The number of rotatable bonds is 6. The van der Waals surface area contributed by atoms with Gasteiger partial charge in [-0.25, -0.2) is 8.78 Å². The third-order valence-corrected chi connectivity index (χ3v) is 5.27. The minimum absolute atomic E-state index is 0.0408. The summed E-state index contributed by atoms with van der Waals surface area (Å²) in [5.74, 6) is -0.861. The number of ether oxygens (including phenoxy) is 2. The maximum absolute atomic E-state index is 13.3. The van der Waals surface area contributed by atoms with Crippen LogP contribution in [0.3, 0.4) is 0 Å². The fourth-order valence-corrected chi connectivity index (χ4v) is 3.54.